The van der Waals surface area contributed by atoms with Gasteiger partial charge in [-0.15, -0.1) is 11.3 Å². The van der Waals surface area contributed by atoms with E-state index in [0.29, 0.717) is 6.54 Å². The van der Waals surface area contributed by atoms with Crippen LogP contribution in [0.3, 0.4) is 0 Å². The molecule has 1 N–H and O–H groups in total. The number of sulfonamides is 1. The molecule has 29 heavy (non-hydrogen) atoms. The molecule has 2 aromatic rings. The Morgan fingerprint density at radius 2 is 1.97 bits per heavy atom. The molecule has 7 nitrogen and oxygen atoms in total. The summed E-state index contributed by atoms with van der Waals surface area (Å²) in [6, 6.07) is 10.0. The first kappa shape index (κ1) is 21.9. The average molecular weight is 440 g/mol. The van der Waals surface area contributed by atoms with E-state index in [2.05, 4.69) is 0 Å². The van der Waals surface area contributed by atoms with Gasteiger partial charge in [-0.25, -0.2) is 13.2 Å². The molecule has 2 heterocycles. The summed E-state index contributed by atoms with van der Waals surface area (Å²) in [7, 11) is -2.61. The highest BCUT2D eigenvalue weighted by atomic mass is 32.2. The standard InChI is InChI=1S/C20H26N2O5S2/c1-26-20(23)18-7-2-3-8-19(18)29(24,25)22(16-17-6-4-15-28-17)10-5-9-21-11-13-27-14-12-21/h2-4,6-8,15H,5,9-14,16H2,1H3/p+1. The number of morpholine rings is 1. The Kier molecular flexibility index (Phi) is 7.79. The fourth-order valence-electron chi connectivity index (χ4n) is 3.39. The Labute approximate surface area is 175 Å². The second-order valence-corrected chi connectivity index (χ2v) is 9.81. The van der Waals surface area contributed by atoms with Gasteiger partial charge < -0.3 is 14.4 Å². The number of ether oxygens (including phenoxy) is 2. The zero-order valence-electron chi connectivity index (χ0n) is 16.5. The molecule has 0 atom stereocenters. The number of carbonyl (C=O) groups is 1. The minimum absolute atomic E-state index is 0.0119. The number of nitrogens with zero attached hydrogens (tertiary/aromatic N) is 1. The number of carbonyl (C=O) groups excluding carboxylic acids is 1. The summed E-state index contributed by atoms with van der Waals surface area (Å²) >= 11 is 1.52. The van der Waals surface area contributed by atoms with Crippen LogP contribution < -0.4 is 4.90 Å². The zero-order valence-corrected chi connectivity index (χ0v) is 18.1. The predicted octanol–water partition coefficient (Wildman–Crippen LogP) is 1.03. The van der Waals surface area contributed by atoms with Gasteiger partial charge >= 0.3 is 5.97 Å². The lowest BCUT2D eigenvalue weighted by Gasteiger charge is -2.26. The van der Waals surface area contributed by atoms with Crippen LogP contribution in [0.15, 0.2) is 46.7 Å². The highest BCUT2D eigenvalue weighted by Gasteiger charge is 2.30. The minimum atomic E-state index is -3.86. The molecule has 9 heteroatoms. The number of esters is 1. The number of benzene rings is 1. The third kappa shape index (κ3) is 5.64. The lowest BCUT2D eigenvalue weighted by Crippen LogP contribution is -3.14. The molecule has 1 saturated heterocycles. The van der Waals surface area contributed by atoms with Crippen molar-refractivity contribution < 1.29 is 27.6 Å². The highest BCUT2D eigenvalue weighted by molar-refractivity contribution is 7.89. The summed E-state index contributed by atoms with van der Waals surface area (Å²) in [4.78, 5) is 14.5. The number of nitrogens with one attached hydrogen (secondary N) is 1. The van der Waals surface area contributed by atoms with Crippen molar-refractivity contribution in [3.63, 3.8) is 0 Å². The Morgan fingerprint density at radius 1 is 1.21 bits per heavy atom. The summed E-state index contributed by atoms with van der Waals surface area (Å²) in [5.41, 5.74) is 0.0602. The summed E-state index contributed by atoms with van der Waals surface area (Å²) in [6.45, 7) is 4.95. The highest BCUT2D eigenvalue weighted by Crippen LogP contribution is 2.24. The first-order chi connectivity index (χ1) is 14.0. The maximum atomic E-state index is 13.5. The number of hydrogen-bond donors (Lipinski definition) is 1. The van der Waals surface area contributed by atoms with Crippen LogP contribution in [0.4, 0.5) is 0 Å². The smallest absolute Gasteiger partial charge is 0.339 e. The predicted molar refractivity (Wildman–Crippen MR) is 111 cm³/mol. The van der Waals surface area contributed by atoms with Gasteiger partial charge in [0.25, 0.3) is 0 Å². The van der Waals surface area contributed by atoms with Gasteiger partial charge in [-0.1, -0.05) is 18.2 Å². The lowest BCUT2D eigenvalue weighted by molar-refractivity contribution is -0.908. The van der Waals surface area contributed by atoms with E-state index in [1.165, 1.54) is 39.8 Å². The van der Waals surface area contributed by atoms with Gasteiger partial charge in [0.1, 0.15) is 13.1 Å². The lowest BCUT2D eigenvalue weighted by atomic mass is 10.2. The average Bonchev–Trinajstić information content (AvgIpc) is 3.26. The van der Waals surface area contributed by atoms with Gasteiger partial charge in [0.05, 0.1) is 37.3 Å². The van der Waals surface area contributed by atoms with Crippen molar-refractivity contribution in [1.82, 2.24) is 4.31 Å². The van der Waals surface area contributed by atoms with Crippen molar-refractivity contribution in [2.45, 2.75) is 17.9 Å². The van der Waals surface area contributed by atoms with Crippen molar-refractivity contribution in [3.05, 3.63) is 52.2 Å². The summed E-state index contributed by atoms with van der Waals surface area (Å²) in [5, 5.41) is 1.93. The van der Waals surface area contributed by atoms with E-state index in [1.807, 2.05) is 17.5 Å². The van der Waals surface area contributed by atoms with Gasteiger partial charge in [0.15, 0.2) is 0 Å². The van der Waals surface area contributed by atoms with E-state index in [1.54, 1.807) is 12.1 Å². The third-order valence-corrected chi connectivity index (χ3v) is 7.72. The topological polar surface area (TPSA) is 77.4 Å². The Bertz CT molecular complexity index is 893. The van der Waals surface area contributed by atoms with E-state index in [-0.39, 0.29) is 17.0 Å². The van der Waals surface area contributed by atoms with Crippen LogP contribution in [0, 0.1) is 0 Å². The van der Waals surface area contributed by atoms with Crippen LogP contribution >= 0.6 is 11.3 Å². The molecule has 0 saturated carbocycles. The van der Waals surface area contributed by atoms with Crippen LogP contribution in [-0.4, -0.2) is 65.2 Å². The fourth-order valence-corrected chi connectivity index (χ4v) is 5.82. The van der Waals surface area contributed by atoms with Crippen LogP contribution in [0.2, 0.25) is 0 Å². The first-order valence-electron chi connectivity index (χ1n) is 9.63. The quantitative estimate of drug-likeness (QED) is 0.591. The van der Waals surface area contributed by atoms with E-state index >= 15 is 0 Å². The molecule has 158 valence electrons. The molecule has 1 aliphatic rings. The fraction of sp³-hybridized carbons (Fsp3) is 0.450. The van der Waals surface area contributed by atoms with E-state index in [0.717, 1.165) is 44.1 Å². The van der Waals surface area contributed by atoms with Crippen LogP contribution in [-0.2, 0) is 26.0 Å². The molecule has 0 spiro atoms. The van der Waals surface area contributed by atoms with Crippen molar-refractivity contribution in [2.75, 3.05) is 46.5 Å². The molecule has 0 unspecified atom stereocenters. The maximum Gasteiger partial charge on any atom is 0.339 e. The number of methoxy groups -OCH3 is 1. The van der Waals surface area contributed by atoms with E-state index < -0.39 is 16.0 Å². The second-order valence-electron chi connectivity index (χ2n) is 6.87. The molecule has 1 aromatic heterocycles. The normalized spacial score (nSPS) is 15.5. The summed E-state index contributed by atoms with van der Waals surface area (Å²) in [6.07, 6.45) is 0.736. The van der Waals surface area contributed by atoms with Gasteiger partial charge in [0.2, 0.25) is 10.0 Å². The molecule has 3 rings (SSSR count). The number of rotatable bonds is 9. The molecule has 0 aliphatic carbocycles. The molecule has 1 fully saturated rings. The van der Waals surface area contributed by atoms with Crippen LogP contribution in [0.1, 0.15) is 21.7 Å². The van der Waals surface area contributed by atoms with E-state index in [9.17, 15) is 13.2 Å². The first-order valence-corrected chi connectivity index (χ1v) is 12.0. The number of quaternary nitrogens is 1. The van der Waals surface area contributed by atoms with E-state index in [4.69, 9.17) is 9.47 Å². The van der Waals surface area contributed by atoms with Gasteiger partial charge in [-0.3, -0.25) is 0 Å². The van der Waals surface area contributed by atoms with Crippen molar-refractivity contribution in [3.8, 4) is 0 Å². The third-order valence-electron chi connectivity index (χ3n) is 4.96. The molecule has 0 radical (unpaired) electrons. The Hall–Kier alpha value is -1.78. The maximum absolute atomic E-state index is 13.5. The van der Waals surface area contributed by atoms with Crippen molar-refractivity contribution in [2.24, 2.45) is 0 Å². The van der Waals surface area contributed by atoms with Gasteiger partial charge in [0, 0.05) is 24.4 Å². The Morgan fingerprint density at radius 3 is 2.66 bits per heavy atom. The molecule has 0 amide bonds. The molecule has 0 bridgehead atoms. The van der Waals surface area contributed by atoms with Gasteiger partial charge in [-0.2, -0.15) is 4.31 Å². The largest absolute Gasteiger partial charge is 0.465 e. The summed E-state index contributed by atoms with van der Waals surface area (Å²) < 4.78 is 38.6. The van der Waals surface area contributed by atoms with Gasteiger partial charge in [-0.05, 0) is 23.6 Å². The zero-order chi connectivity index (χ0) is 20.7. The van der Waals surface area contributed by atoms with Crippen molar-refractivity contribution in [1.29, 1.82) is 0 Å². The molecular weight excluding hydrogens is 412 g/mol. The molecular formula is C20H27N2O5S2+. The second kappa shape index (κ2) is 10.3. The van der Waals surface area contributed by atoms with Crippen molar-refractivity contribution >= 4 is 27.3 Å². The monoisotopic (exact) mass is 439 g/mol. The molecule has 1 aliphatic heterocycles. The molecule has 1 aromatic carbocycles. The number of thiophene rings is 1. The van der Waals surface area contributed by atoms with Crippen LogP contribution in [0.25, 0.3) is 0 Å². The minimum Gasteiger partial charge on any atom is -0.465 e. The number of hydrogen-bond acceptors (Lipinski definition) is 6. The SMILES string of the molecule is COC(=O)c1ccccc1S(=O)(=O)N(CCC[NH+]1CCOCC1)Cc1cccs1. The Balaban J connectivity index is 1.81. The van der Waals surface area contributed by atoms with Crippen LogP contribution in [0.5, 0.6) is 0 Å². The summed E-state index contributed by atoms with van der Waals surface area (Å²) in [5.74, 6) is -0.655.